The van der Waals surface area contributed by atoms with Crippen LogP contribution in [0.3, 0.4) is 0 Å². The molecule has 0 radical (unpaired) electrons. The van der Waals surface area contributed by atoms with Gasteiger partial charge in [0.25, 0.3) is 0 Å². The van der Waals surface area contributed by atoms with Crippen molar-refractivity contribution in [3.8, 4) is 0 Å². The average Bonchev–Trinajstić information content (AvgIpc) is 2.37. The molecule has 2 aromatic rings. The van der Waals surface area contributed by atoms with E-state index >= 15 is 0 Å². The lowest BCUT2D eigenvalue weighted by molar-refractivity contribution is 0.502. The Bertz CT molecular complexity index is 558. The summed E-state index contributed by atoms with van der Waals surface area (Å²) in [6.45, 7) is 0. The van der Waals surface area contributed by atoms with Crippen molar-refractivity contribution < 1.29 is 13.2 Å². The maximum Gasteiger partial charge on any atom is 0.159 e. The molecule has 0 bridgehead atoms. The Labute approximate surface area is 102 Å². The van der Waals surface area contributed by atoms with Crippen molar-refractivity contribution in [2.24, 2.45) is 5.84 Å². The van der Waals surface area contributed by atoms with E-state index < -0.39 is 23.5 Å². The van der Waals surface area contributed by atoms with Crippen LogP contribution < -0.4 is 11.3 Å². The van der Waals surface area contributed by atoms with Gasteiger partial charge in [-0.1, -0.05) is 24.3 Å². The molecule has 0 heterocycles. The molecule has 2 rings (SSSR count). The molecule has 0 aliphatic carbocycles. The van der Waals surface area contributed by atoms with Crippen molar-refractivity contribution in [3.63, 3.8) is 0 Å². The van der Waals surface area contributed by atoms with Crippen LogP contribution in [0, 0.1) is 17.5 Å². The highest BCUT2D eigenvalue weighted by atomic mass is 19.2. The van der Waals surface area contributed by atoms with Gasteiger partial charge in [0.1, 0.15) is 5.82 Å². The SMILES string of the molecule is NNC(c1ccc(F)c(F)c1)c1ccccc1F. The second kappa shape index (κ2) is 5.20. The first kappa shape index (κ1) is 12.6. The van der Waals surface area contributed by atoms with E-state index in [4.69, 9.17) is 5.84 Å². The molecular formula is C13H11F3N2. The molecule has 0 aliphatic rings. The fraction of sp³-hybridized carbons (Fsp3) is 0.0769. The molecule has 3 N–H and O–H groups in total. The van der Waals surface area contributed by atoms with Crippen molar-refractivity contribution in [2.75, 3.05) is 0 Å². The van der Waals surface area contributed by atoms with Gasteiger partial charge in [-0.25, -0.2) is 18.6 Å². The van der Waals surface area contributed by atoms with Crippen LogP contribution in [-0.2, 0) is 0 Å². The zero-order chi connectivity index (χ0) is 13.1. The van der Waals surface area contributed by atoms with Gasteiger partial charge in [0.05, 0.1) is 6.04 Å². The van der Waals surface area contributed by atoms with Gasteiger partial charge in [-0.05, 0) is 23.8 Å². The van der Waals surface area contributed by atoms with Crippen LogP contribution in [0.25, 0.3) is 0 Å². The minimum Gasteiger partial charge on any atom is -0.271 e. The lowest BCUT2D eigenvalue weighted by Gasteiger charge is -2.17. The number of hydrogen-bond acceptors (Lipinski definition) is 2. The third kappa shape index (κ3) is 2.37. The molecule has 18 heavy (non-hydrogen) atoms. The van der Waals surface area contributed by atoms with Gasteiger partial charge in [-0.3, -0.25) is 5.84 Å². The molecule has 5 heteroatoms. The topological polar surface area (TPSA) is 38.0 Å². The number of halogens is 3. The van der Waals surface area contributed by atoms with Gasteiger partial charge < -0.3 is 0 Å². The first-order valence-corrected chi connectivity index (χ1v) is 5.29. The zero-order valence-corrected chi connectivity index (χ0v) is 9.33. The Morgan fingerprint density at radius 3 is 2.22 bits per heavy atom. The van der Waals surface area contributed by atoms with Gasteiger partial charge in [-0.2, -0.15) is 0 Å². The van der Waals surface area contributed by atoms with E-state index in [1.165, 1.54) is 24.3 Å². The fourth-order valence-corrected chi connectivity index (χ4v) is 1.77. The zero-order valence-electron chi connectivity index (χ0n) is 9.33. The minimum atomic E-state index is -0.996. The van der Waals surface area contributed by atoms with E-state index in [9.17, 15) is 13.2 Å². The molecule has 2 aromatic carbocycles. The van der Waals surface area contributed by atoms with Gasteiger partial charge in [0, 0.05) is 5.56 Å². The quantitative estimate of drug-likeness (QED) is 0.651. The fourth-order valence-electron chi connectivity index (χ4n) is 1.77. The molecule has 0 fully saturated rings. The van der Waals surface area contributed by atoms with Crippen molar-refractivity contribution >= 4 is 0 Å². The first-order chi connectivity index (χ1) is 8.63. The summed E-state index contributed by atoms with van der Waals surface area (Å²) < 4.78 is 39.6. The lowest BCUT2D eigenvalue weighted by atomic mass is 9.98. The van der Waals surface area contributed by atoms with Crippen LogP contribution in [0.5, 0.6) is 0 Å². The molecule has 0 aromatic heterocycles. The summed E-state index contributed by atoms with van der Waals surface area (Å²) in [5.74, 6) is 2.94. The first-order valence-electron chi connectivity index (χ1n) is 5.29. The lowest BCUT2D eigenvalue weighted by Crippen LogP contribution is -2.29. The van der Waals surface area contributed by atoms with Crippen LogP contribution in [0.15, 0.2) is 42.5 Å². The van der Waals surface area contributed by atoms with Gasteiger partial charge in [0.2, 0.25) is 0 Å². The van der Waals surface area contributed by atoms with E-state index in [0.717, 1.165) is 12.1 Å². The van der Waals surface area contributed by atoms with Crippen LogP contribution in [0.1, 0.15) is 17.2 Å². The number of benzene rings is 2. The summed E-state index contributed by atoms with van der Waals surface area (Å²) >= 11 is 0. The third-order valence-electron chi connectivity index (χ3n) is 2.66. The maximum atomic E-state index is 13.6. The molecule has 1 atom stereocenters. The minimum absolute atomic E-state index is 0.269. The Morgan fingerprint density at radius 1 is 0.889 bits per heavy atom. The summed E-state index contributed by atoms with van der Waals surface area (Å²) in [4.78, 5) is 0. The molecule has 0 saturated carbocycles. The highest BCUT2D eigenvalue weighted by Gasteiger charge is 2.17. The molecular weight excluding hydrogens is 241 g/mol. The highest BCUT2D eigenvalue weighted by molar-refractivity contribution is 5.33. The number of rotatable bonds is 3. The molecule has 0 saturated heterocycles. The molecule has 1 unspecified atom stereocenters. The standard InChI is InChI=1S/C13H11F3N2/c14-10-4-2-1-3-9(10)13(18-17)8-5-6-11(15)12(16)7-8/h1-7,13,18H,17H2. The summed E-state index contributed by atoms with van der Waals surface area (Å²) in [5.41, 5.74) is 3.01. The smallest absolute Gasteiger partial charge is 0.159 e. The predicted octanol–water partition coefficient (Wildman–Crippen LogP) is 2.66. The number of nitrogens with two attached hydrogens (primary N) is 1. The number of nitrogens with one attached hydrogen (secondary N) is 1. The third-order valence-corrected chi connectivity index (χ3v) is 2.66. The Morgan fingerprint density at radius 2 is 1.61 bits per heavy atom. The Kier molecular flexibility index (Phi) is 3.64. The van der Waals surface area contributed by atoms with Crippen LogP contribution in [0.2, 0.25) is 0 Å². The molecule has 2 nitrogen and oxygen atoms in total. The predicted molar refractivity (Wildman–Crippen MR) is 61.9 cm³/mol. The van der Waals surface area contributed by atoms with Crippen molar-refractivity contribution in [1.82, 2.24) is 5.43 Å². The maximum absolute atomic E-state index is 13.6. The van der Waals surface area contributed by atoms with Crippen LogP contribution in [-0.4, -0.2) is 0 Å². The van der Waals surface area contributed by atoms with Gasteiger partial charge in [-0.15, -0.1) is 0 Å². The van der Waals surface area contributed by atoms with E-state index in [1.807, 2.05) is 0 Å². The number of hydrogen-bond donors (Lipinski definition) is 2. The molecule has 94 valence electrons. The normalized spacial score (nSPS) is 12.4. The van der Waals surface area contributed by atoms with Crippen molar-refractivity contribution in [2.45, 2.75) is 6.04 Å². The summed E-state index contributed by atoms with van der Waals surface area (Å²) in [7, 11) is 0. The Hall–Kier alpha value is -1.85. The number of hydrazine groups is 1. The largest absolute Gasteiger partial charge is 0.271 e. The molecule has 0 spiro atoms. The van der Waals surface area contributed by atoms with Crippen molar-refractivity contribution in [3.05, 3.63) is 71.0 Å². The molecule has 0 aliphatic heterocycles. The van der Waals surface area contributed by atoms with E-state index in [0.29, 0.717) is 5.56 Å². The second-order valence-electron chi connectivity index (χ2n) is 3.79. The second-order valence-corrected chi connectivity index (χ2v) is 3.79. The van der Waals surface area contributed by atoms with Crippen LogP contribution >= 0.6 is 0 Å². The Balaban J connectivity index is 2.45. The highest BCUT2D eigenvalue weighted by Crippen LogP contribution is 2.24. The van der Waals surface area contributed by atoms with Crippen LogP contribution in [0.4, 0.5) is 13.2 Å². The summed E-state index contributed by atoms with van der Waals surface area (Å²) in [6, 6.07) is 8.58. The summed E-state index contributed by atoms with van der Waals surface area (Å²) in [5, 5.41) is 0. The summed E-state index contributed by atoms with van der Waals surface area (Å²) in [6.07, 6.45) is 0. The van der Waals surface area contributed by atoms with Gasteiger partial charge in [0.15, 0.2) is 11.6 Å². The molecule has 0 amide bonds. The van der Waals surface area contributed by atoms with E-state index in [-0.39, 0.29) is 5.56 Å². The van der Waals surface area contributed by atoms with Gasteiger partial charge >= 0.3 is 0 Å². The monoisotopic (exact) mass is 252 g/mol. The van der Waals surface area contributed by atoms with E-state index in [1.54, 1.807) is 6.07 Å². The van der Waals surface area contributed by atoms with E-state index in [2.05, 4.69) is 5.43 Å². The average molecular weight is 252 g/mol. The van der Waals surface area contributed by atoms with Crippen molar-refractivity contribution in [1.29, 1.82) is 0 Å².